The van der Waals surface area contributed by atoms with E-state index in [1.54, 1.807) is 11.8 Å². The van der Waals surface area contributed by atoms with Crippen molar-refractivity contribution in [2.75, 3.05) is 0 Å². The first-order valence-corrected chi connectivity index (χ1v) is 28.0. The predicted octanol–water partition coefficient (Wildman–Crippen LogP) is 19.5. The lowest BCUT2D eigenvalue weighted by atomic mass is 9.56. The van der Waals surface area contributed by atoms with Crippen molar-refractivity contribution in [3.63, 3.8) is 0 Å². The summed E-state index contributed by atoms with van der Waals surface area (Å²) in [6.45, 7) is 4.31. The van der Waals surface area contributed by atoms with E-state index in [-0.39, 0.29) is 5.41 Å². The molecule has 24 rings (SSSR count). The normalized spacial score (nSPS) is 18.3. The lowest BCUT2D eigenvalue weighted by molar-refractivity contribution is 0.0948. The fourth-order valence-electron chi connectivity index (χ4n) is 13.4. The Balaban J connectivity index is 0.859. The molecule has 0 unspecified atom stereocenters. The van der Waals surface area contributed by atoms with Crippen molar-refractivity contribution < 1.29 is 33.2 Å². The van der Waals surface area contributed by atoms with E-state index in [0.717, 1.165) is 45.7 Å². The number of rotatable bonds is 0. The third-order valence-corrected chi connectivity index (χ3v) is 18.2. The van der Waals surface area contributed by atoms with E-state index in [9.17, 15) is 0 Å². The maximum atomic E-state index is 7.98. The summed E-state index contributed by atoms with van der Waals surface area (Å²) in [5.74, 6) is 8.78. The fraction of sp³-hybridized carbons (Fsp3) is 0.217. The minimum Gasteiger partial charge on any atom is -0.476 e. The van der Waals surface area contributed by atoms with E-state index in [0.29, 0.717) is 62.9 Å². The molecule has 3 aliphatic carbocycles. The highest BCUT2D eigenvalue weighted by atomic mass is 32.2. The van der Waals surface area contributed by atoms with Crippen molar-refractivity contribution in [2.24, 2.45) is 5.41 Å². The molecule has 7 nitrogen and oxygen atoms in total. The van der Waals surface area contributed by atoms with Crippen LogP contribution in [-0.4, -0.2) is 4.93 Å². The minimum atomic E-state index is -1.04. The van der Waals surface area contributed by atoms with Gasteiger partial charge in [0, 0.05) is 27.5 Å². The number of hydrogen-bond acceptors (Lipinski definition) is 8. The largest absolute Gasteiger partial charge is 0.476 e. The first-order valence-electron chi connectivity index (χ1n) is 27.2. The van der Waals surface area contributed by atoms with Gasteiger partial charge in [0.15, 0.2) is 10.5 Å². The second-order valence-corrected chi connectivity index (χ2v) is 23.9. The number of fused-ring (bicyclic) bond motifs is 11. The average Bonchev–Trinajstić information content (AvgIpc) is 4.11. The van der Waals surface area contributed by atoms with Crippen molar-refractivity contribution in [1.82, 2.24) is 0 Å². The van der Waals surface area contributed by atoms with Crippen molar-refractivity contribution in [2.45, 2.75) is 92.5 Å². The molecule has 0 amide bonds. The summed E-state index contributed by atoms with van der Waals surface area (Å²) in [7, 11) is 0. The van der Waals surface area contributed by atoms with Crippen LogP contribution in [-0.2, 0) is 11.0 Å². The Labute approximate surface area is 453 Å². The Hall–Kier alpha value is -8.07. The van der Waals surface area contributed by atoms with E-state index in [1.807, 2.05) is 121 Å². The Morgan fingerprint density at radius 3 is 1.34 bits per heavy atom. The average molecular weight is 1030 g/mol. The van der Waals surface area contributed by atoms with Gasteiger partial charge in [-0.15, -0.1) is 0 Å². The Morgan fingerprint density at radius 1 is 0.429 bits per heavy atom. The number of hydrogen-bond donors (Lipinski definition) is 0. The minimum absolute atomic E-state index is 0.138. The van der Waals surface area contributed by atoms with Crippen LogP contribution < -0.4 is 33.2 Å². The first kappa shape index (κ1) is 46.2. The lowest BCUT2D eigenvalue weighted by Crippen LogP contribution is -2.39. The molecule has 0 saturated heterocycles. The third-order valence-electron chi connectivity index (χ3n) is 17.1. The summed E-state index contributed by atoms with van der Waals surface area (Å²) < 4.78 is 46.3. The van der Waals surface area contributed by atoms with Gasteiger partial charge in [-0.1, -0.05) is 85.6 Å². The molecule has 9 aromatic rings. The molecule has 0 radical (unpaired) electrons. The highest BCUT2D eigenvalue weighted by molar-refractivity contribution is 8.00. The van der Waals surface area contributed by atoms with Crippen LogP contribution in [0.5, 0.6) is 69.0 Å². The Kier molecular flexibility index (Phi) is 10.7. The van der Waals surface area contributed by atoms with Gasteiger partial charge in [-0.2, -0.15) is 0 Å². The lowest BCUT2D eigenvalue weighted by Gasteiger charge is -2.48. The second kappa shape index (κ2) is 17.8. The van der Waals surface area contributed by atoms with Crippen LogP contribution in [0.4, 0.5) is 0 Å². The monoisotopic (exact) mass is 1030 g/mol. The van der Waals surface area contributed by atoms with Gasteiger partial charge >= 0.3 is 0 Å². The van der Waals surface area contributed by atoms with Gasteiger partial charge in [-0.25, -0.2) is 0 Å². The molecule has 2 saturated carbocycles. The van der Waals surface area contributed by atoms with Gasteiger partial charge in [0.05, 0.1) is 4.90 Å². The summed E-state index contributed by atoms with van der Waals surface area (Å²) in [6, 6.07) is 61.1. The zero-order valence-electron chi connectivity index (χ0n) is 43.1. The van der Waals surface area contributed by atoms with E-state index in [2.05, 4.69) is 86.7 Å². The smallest absolute Gasteiger partial charge is 0.178 e. The number of thioether (sulfide) groups is 1. The maximum absolute atomic E-state index is 7.98. The number of benzene rings is 9. The van der Waals surface area contributed by atoms with Gasteiger partial charge in [0.2, 0.25) is 0 Å². The molecule has 0 atom stereocenters. The van der Waals surface area contributed by atoms with Gasteiger partial charge in [0.25, 0.3) is 0 Å². The highest BCUT2D eigenvalue weighted by Crippen LogP contribution is 2.66. The first-order chi connectivity index (χ1) is 37.7. The SMILES string of the molecule is CC1(C)Oc2cc3c4c(c5c(c3cc2S1)OC1(C=C5)c2ccc(cc2)Oc2ccc(cc2)Oc2ccc(cc2)Oc2ccc(cc2)Oc2ccc(cc2)Oc2ccc1cc2)C1(CCC2(CCCCC2)CC1)c1ccccc1-4. The van der Waals surface area contributed by atoms with Crippen molar-refractivity contribution in [1.29, 1.82) is 0 Å². The summed E-state index contributed by atoms with van der Waals surface area (Å²) >= 11 is 1.77. The molecule has 9 aromatic carbocycles. The summed E-state index contributed by atoms with van der Waals surface area (Å²) in [5, 5.41) is 2.28. The molecule has 3 spiro atoms. The quantitative estimate of drug-likeness (QED) is 0.149. The third kappa shape index (κ3) is 8.02. The molecule has 8 heteroatoms. The van der Waals surface area contributed by atoms with Crippen LogP contribution in [0.15, 0.2) is 193 Å². The van der Waals surface area contributed by atoms with Crippen molar-refractivity contribution in [3.05, 3.63) is 216 Å². The molecule has 380 valence electrons. The fourth-order valence-corrected chi connectivity index (χ4v) is 14.5. The molecule has 77 heavy (non-hydrogen) atoms. The van der Waals surface area contributed by atoms with Crippen LogP contribution in [0.2, 0.25) is 0 Å². The standard InChI is InChI=1S/C69H56O7S/c1-66(2)75-61-42-58-59(43-62(61)77-66)65-57(64-63(58)56-8-4-5-9-60(56)68(64)40-38-67(39-41-68)35-6-3-7-36-67)34-37-69(76-65)44-10-14-46(15-11-44)70-48-18-22-50(23-19-48)72-52-26-30-54(31-27-52)74-55-32-28-53(29-33-55)73-51-24-20-49(21-25-51)71-47-16-12-45(69)13-17-47/h4-5,8-34,37,42-43H,3,6-7,35-36,38-41H2,1-2H3. The number of ether oxygens (including phenoxy) is 7. The highest BCUT2D eigenvalue weighted by Gasteiger charge is 2.52. The van der Waals surface area contributed by atoms with Gasteiger partial charge < -0.3 is 33.2 Å². The van der Waals surface area contributed by atoms with Crippen LogP contribution in [0.1, 0.15) is 99.5 Å². The van der Waals surface area contributed by atoms with Crippen LogP contribution in [0.25, 0.3) is 28.0 Å². The zero-order valence-corrected chi connectivity index (χ0v) is 43.9. The van der Waals surface area contributed by atoms with Crippen molar-refractivity contribution >= 4 is 28.6 Å². The molecule has 15 aliphatic rings. The van der Waals surface area contributed by atoms with Gasteiger partial charge in [-0.3, -0.25) is 0 Å². The maximum Gasteiger partial charge on any atom is 0.178 e. The summed E-state index contributed by atoms with van der Waals surface area (Å²) in [5.41, 5.74) is 7.96. The molecule has 0 aromatic heterocycles. The van der Waals surface area contributed by atoms with E-state index < -0.39 is 10.5 Å². The van der Waals surface area contributed by atoms with Crippen LogP contribution in [0, 0.1) is 5.41 Å². The molecular formula is C69H56O7S. The van der Waals surface area contributed by atoms with Gasteiger partial charge in [0.1, 0.15) is 69.0 Å². The van der Waals surface area contributed by atoms with E-state index in [1.165, 1.54) is 78.1 Å². The summed E-state index contributed by atoms with van der Waals surface area (Å²) in [4.78, 5) is 0.728. The molecule has 2 fully saturated rings. The summed E-state index contributed by atoms with van der Waals surface area (Å²) in [6.07, 6.45) is 16.2. The van der Waals surface area contributed by atoms with E-state index in [4.69, 9.17) is 33.2 Å². The Bertz CT molecular complexity index is 3640. The molecule has 12 heterocycles. The van der Waals surface area contributed by atoms with Crippen LogP contribution in [0.3, 0.4) is 0 Å². The van der Waals surface area contributed by atoms with Crippen LogP contribution >= 0.6 is 11.8 Å². The molecule has 0 N–H and O–H groups in total. The predicted molar refractivity (Wildman–Crippen MR) is 304 cm³/mol. The topological polar surface area (TPSA) is 64.6 Å². The second-order valence-electron chi connectivity index (χ2n) is 22.2. The zero-order chi connectivity index (χ0) is 51.3. The molecular weight excluding hydrogens is 973 g/mol. The Morgan fingerprint density at radius 2 is 0.870 bits per heavy atom. The van der Waals surface area contributed by atoms with E-state index >= 15 is 0 Å². The van der Waals surface area contributed by atoms with Gasteiger partial charge in [-0.05, 0) is 225 Å². The molecule has 12 bridgehead atoms. The molecule has 12 aliphatic heterocycles. The van der Waals surface area contributed by atoms with Crippen molar-refractivity contribution in [3.8, 4) is 80.1 Å².